The molecule has 5 rings (SSSR count). The number of carbonyl (C=O) groups excluding carboxylic acids is 2. The second kappa shape index (κ2) is 7.19. The van der Waals surface area contributed by atoms with Gasteiger partial charge in [-0.2, -0.15) is 0 Å². The summed E-state index contributed by atoms with van der Waals surface area (Å²) < 4.78 is 5.76. The Morgan fingerprint density at radius 3 is 2.79 bits per heavy atom. The lowest BCUT2D eigenvalue weighted by Crippen LogP contribution is -2.44. The van der Waals surface area contributed by atoms with E-state index in [9.17, 15) is 9.59 Å². The molecule has 2 aromatic rings. The quantitative estimate of drug-likeness (QED) is 0.854. The predicted molar refractivity (Wildman–Crippen MR) is 110 cm³/mol. The zero-order valence-corrected chi connectivity index (χ0v) is 16.5. The number of fused-ring (bicyclic) bond motifs is 2. The number of hydrogen-bond donors (Lipinski definition) is 1. The van der Waals surface area contributed by atoms with Crippen LogP contribution in [-0.2, 0) is 11.3 Å². The molecule has 0 radical (unpaired) electrons. The average Bonchev–Trinajstić information content (AvgIpc) is 3.28. The Morgan fingerprint density at radius 1 is 1.14 bits per heavy atom. The maximum Gasteiger partial charge on any atom is 0.322 e. The fourth-order valence-corrected chi connectivity index (χ4v) is 5.07. The van der Waals surface area contributed by atoms with Gasteiger partial charge in [0, 0.05) is 61.4 Å². The molecular formula is C23H25N3O3. The van der Waals surface area contributed by atoms with E-state index in [2.05, 4.69) is 29.6 Å². The van der Waals surface area contributed by atoms with E-state index in [1.165, 1.54) is 5.56 Å². The van der Waals surface area contributed by atoms with E-state index >= 15 is 0 Å². The largest absolute Gasteiger partial charge is 0.381 e. The number of urea groups is 1. The molecule has 0 aromatic heterocycles. The van der Waals surface area contributed by atoms with Crippen molar-refractivity contribution in [3.05, 3.63) is 65.2 Å². The molecule has 150 valence electrons. The van der Waals surface area contributed by atoms with Crippen LogP contribution < -0.4 is 5.32 Å². The van der Waals surface area contributed by atoms with Gasteiger partial charge < -0.3 is 19.9 Å². The third kappa shape index (κ3) is 3.08. The molecule has 2 saturated heterocycles. The highest BCUT2D eigenvalue weighted by atomic mass is 16.5. The lowest BCUT2D eigenvalue weighted by molar-refractivity contribution is 0.0272. The maximum atomic E-state index is 13.3. The highest BCUT2D eigenvalue weighted by Crippen LogP contribution is 2.41. The summed E-state index contributed by atoms with van der Waals surface area (Å²) in [5, 5.41) is 3.10. The molecule has 6 nitrogen and oxygen atoms in total. The smallest absolute Gasteiger partial charge is 0.322 e. The third-order valence-corrected chi connectivity index (χ3v) is 6.55. The second-order valence-electron chi connectivity index (χ2n) is 8.19. The maximum absolute atomic E-state index is 13.3. The Hall–Kier alpha value is -2.86. The number of likely N-dealkylation sites (tertiary alicyclic amines) is 1. The Kier molecular flexibility index (Phi) is 4.51. The van der Waals surface area contributed by atoms with Gasteiger partial charge in [-0.3, -0.25) is 4.79 Å². The van der Waals surface area contributed by atoms with Crippen LogP contribution >= 0.6 is 0 Å². The molecule has 0 saturated carbocycles. The Labute approximate surface area is 170 Å². The summed E-state index contributed by atoms with van der Waals surface area (Å²) in [6.07, 6.45) is 0.857. The highest BCUT2D eigenvalue weighted by molar-refractivity contribution is 6.01. The average molecular weight is 391 g/mol. The van der Waals surface area contributed by atoms with E-state index < -0.39 is 0 Å². The molecular weight excluding hydrogens is 366 g/mol. The summed E-state index contributed by atoms with van der Waals surface area (Å²) in [4.78, 5) is 29.2. The van der Waals surface area contributed by atoms with E-state index in [1.807, 2.05) is 29.2 Å². The number of nitrogens with one attached hydrogen (secondary N) is 1. The predicted octanol–water partition coefficient (Wildman–Crippen LogP) is 3.31. The first kappa shape index (κ1) is 18.2. The van der Waals surface area contributed by atoms with Crippen molar-refractivity contribution in [3.8, 4) is 0 Å². The van der Waals surface area contributed by atoms with Gasteiger partial charge in [-0.05, 0) is 24.1 Å². The van der Waals surface area contributed by atoms with E-state index in [-0.39, 0.29) is 23.9 Å². The van der Waals surface area contributed by atoms with Crippen LogP contribution in [0, 0.1) is 5.92 Å². The van der Waals surface area contributed by atoms with Gasteiger partial charge >= 0.3 is 6.03 Å². The van der Waals surface area contributed by atoms with Crippen molar-refractivity contribution in [2.24, 2.45) is 5.92 Å². The van der Waals surface area contributed by atoms with Gasteiger partial charge in [0.25, 0.3) is 5.91 Å². The number of nitrogens with zero attached hydrogens (tertiary/aromatic N) is 2. The van der Waals surface area contributed by atoms with E-state index in [4.69, 9.17) is 4.74 Å². The first-order valence-electron chi connectivity index (χ1n) is 10.2. The third-order valence-electron chi connectivity index (χ3n) is 6.55. The van der Waals surface area contributed by atoms with Crippen LogP contribution in [0.2, 0.25) is 0 Å². The Morgan fingerprint density at radius 2 is 1.97 bits per heavy atom. The first-order chi connectivity index (χ1) is 14.1. The number of anilines is 1. The van der Waals surface area contributed by atoms with Gasteiger partial charge in [-0.1, -0.05) is 36.4 Å². The van der Waals surface area contributed by atoms with Crippen molar-refractivity contribution in [3.63, 3.8) is 0 Å². The lowest BCUT2D eigenvalue weighted by Gasteiger charge is -2.32. The minimum absolute atomic E-state index is 0.00547. The number of benzene rings is 2. The SMILES string of the molecule is CN1Cc2c(NC(=O)N3CC(c4ccccc4)C4COCCC43)cccc2C1=O. The first-order valence-corrected chi connectivity index (χ1v) is 10.2. The van der Waals surface area contributed by atoms with Crippen molar-refractivity contribution in [1.29, 1.82) is 0 Å². The number of ether oxygens (including phenoxy) is 1. The minimum Gasteiger partial charge on any atom is -0.381 e. The molecule has 0 spiro atoms. The molecule has 0 bridgehead atoms. The van der Waals surface area contributed by atoms with E-state index in [0.717, 1.165) is 17.7 Å². The van der Waals surface area contributed by atoms with Gasteiger partial charge in [0.2, 0.25) is 0 Å². The van der Waals surface area contributed by atoms with Gasteiger partial charge in [-0.25, -0.2) is 4.79 Å². The molecule has 2 aromatic carbocycles. The Bertz CT molecular complexity index is 946. The van der Waals surface area contributed by atoms with Crippen molar-refractivity contribution >= 4 is 17.6 Å². The van der Waals surface area contributed by atoms with Crippen LogP contribution in [0.5, 0.6) is 0 Å². The van der Waals surface area contributed by atoms with Crippen molar-refractivity contribution < 1.29 is 14.3 Å². The number of hydrogen-bond acceptors (Lipinski definition) is 3. The molecule has 3 atom stereocenters. The van der Waals surface area contributed by atoms with Gasteiger partial charge in [-0.15, -0.1) is 0 Å². The fourth-order valence-electron chi connectivity index (χ4n) is 5.07. The van der Waals surface area contributed by atoms with Crippen LogP contribution in [0.3, 0.4) is 0 Å². The topological polar surface area (TPSA) is 61.9 Å². The minimum atomic E-state index is -0.0873. The molecule has 3 heterocycles. The molecule has 6 heteroatoms. The summed E-state index contributed by atoms with van der Waals surface area (Å²) in [7, 11) is 1.78. The number of amides is 3. The molecule has 1 N–H and O–H groups in total. The molecule has 3 unspecified atom stereocenters. The molecule has 3 aliphatic rings. The lowest BCUT2D eigenvalue weighted by atomic mass is 9.84. The molecule has 29 heavy (non-hydrogen) atoms. The van der Waals surface area contributed by atoms with Gasteiger partial charge in [0.05, 0.1) is 6.61 Å². The van der Waals surface area contributed by atoms with Crippen molar-refractivity contribution in [2.75, 3.05) is 32.1 Å². The molecule has 3 amide bonds. The van der Waals surface area contributed by atoms with Gasteiger partial charge in [0.15, 0.2) is 0 Å². The zero-order valence-electron chi connectivity index (χ0n) is 16.5. The van der Waals surface area contributed by atoms with E-state index in [1.54, 1.807) is 11.9 Å². The van der Waals surface area contributed by atoms with Crippen LogP contribution in [0.15, 0.2) is 48.5 Å². The standard InChI is InChI=1S/C23H25N3O3/c1-25-12-18-16(22(25)27)8-5-9-20(18)24-23(28)26-13-17(15-6-3-2-4-7-15)19-14-29-11-10-21(19)26/h2-9,17,19,21H,10-14H2,1H3,(H,24,28). The van der Waals surface area contributed by atoms with Crippen LogP contribution in [0.25, 0.3) is 0 Å². The second-order valence-corrected chi connectivity index (χ2v) is 8.19. The number of carbonyl (C=O) groups is 2. The highest BCUT2D eigenvalue weighted by Gasteiger charge is 2.46. The molecule has 3 aliphatic heterocycles. The van der Waals surface area contributed by atoms with Crippen molar-refractivity contribution in [2.45, 2.75) is 24.9 Å². The summed E-state index contributed by atoms with van der Waals surface area (Å²) in [6, 6.07) is 16.0. The van der Waals surface area contributed by atoms with Crippen LogP contribution in [0.1, 0.15) is 33.8 Å². The molecule has 0 aliphatic carbocycles. The van der Waals surface area contributed by atoms with Gasteiger partial charge in [0.1, 0.15) is 0 Å². The summed E-state index contributed by atoms with van der Waals surface area (Å²) >= 11 is 0. The number of rotatable bonds is 2. The fraction of sp³-hybridized carbons (Fsp3) is 0.391. The van der Waals surface area contributed by atoms with Crippen LogP contribution in [0.4, 0.5) is 10.5 Å². The molecule has 2 fully saturated rings. The summed E-state index contributed by atoms with van der Waals surface area (Å²) in [5.74, 6) is 0.596. The van der Waals surface area contributed by atoms with Crippen LogP contribution in [-0.4, -0.2) is 54.6 Å². The Balaban J connectivity index is 1.40. The summed E-state index contributed by atoms with van der Waals surface area (Å²) in [6.45, 7) is 2.58. The zero-order chi connectivity index (χ0) is 20.0. The van der Waals surface area contributed by atoms with E-state index in [0.29, 0.717) is 37.8 Å². The summed E-state index contributed by atoms with van der Waals surface area (Å²) in [5.41, 5.74) is 3.57. The normalized spacial score (nSPS) is 25.7. The monoisotopic (exact) mass is 391 g/mol. The van der Waals surface area contributed by atoms with Crippen molar-refractivity contribution in [1.82, 2.24) is 9.80 Å².